The molecule has 41 heavy (non-hydrogen) atoms. The number of hydrogen-bond acceptors (Lipinski definition) is 7. The molecule has 9 nitrogen and oxygen atoms in total. The van der Waals surface area contributed by atoms with Crippen LogP contribution in [0.25, 0.3) is 22.4 Å². The molecule has 0 spiro atoms. The van der Waals surface area contributed by atoms with Gasteiger partial charge in [0.05, 0.1) is 17.6 Å². The molecule has 0 bridgehead atoms. The van der Waals surface area contributed by atoms with Crippen molar-refractivity contribution in [2.75, 3.05) is 11.1 Å². The van der Waals surface area contributed by atoms with E-state index in [2.05, 4.69) is 15.3 Å². The summed E-state index contributed by atoms with van der Waals surface area (Å²) in [5.41, 5.74) is 7.50. The lowest BCUT2D eigenvalue weighted by Gasteiger charge is -2.25. The number of ether oxygens (including phenoxy) is 1. The second-order valence-electron chi connectivity index (χ2n) is 9.82. The van der Waals surface area contributed by atoms with E-state index in [4.69, 9.17) is 27.2 Å². The van der Waals surface area contributed by atoms with Gasteiger partial charge in [-0.05, 0) is 37.3 Å². The van der Waals surface area contributed by atoms with Crippen LogP contribution in [0.2, 0.25) is 5.02 Å². The lowest BCUT2D eigenvalue weighted by Crippen LogP contribution is -2.33. The van der Waals surface area contributed by atoms with E-state index < -0.39 is 17.3 Å². The zero-order chi connectivity index (χ0) is 28.9. The van der Waals surface area contributed by atoms with Crippen LogP contribution in [-0.2, 0) is 21.5 Å². The van der Waals surface area contributed by atoms with Gasteiger partial charge in [-0.15, -0.1) is 0 Å². The van der Waals surface area contributed by atoms with E-state index in [1.54, 1.807) is 79.2 Å². The first-order valence-corrected chi connectivity index (χ1v) is 13.3. The smallest absolute Gasteiger partial charge is 0.310 e. The summed E-state index contributed by atoms with van der Waals surface area (Å²) in [5.74, 6) is -0.468. The summed E-state index contributed by atoms with van der Waals surface area (Å²) in [6.45, 7) is 3.52. The predicted molar refractivity (Wildman–Crippen MR) is 153 cm³/mol. The molecule has 0 radical (unpaired) electrons. The molecule has 0 saturated carbocycles. The SMILES string of the molecule is CCC(=O)Oc1ccccc1[C@@]1(C)C(=O)Nc2nc(-c3nn(Cc4ccccc4F)c4cc(Cl)ccc34)nc(N)c21. The normalized spacial score (nSPS) is 16.0. The highest BCUT2D eigenvalue weighted by Crippen LogP contribution is 2.48. The number of aromatic nitrogens is 4. The second-order valence-corrected chi connectivity index (χ2v) is 10.3. The minimum Gasteiger partial charge on any atom is -0.426 e. The summed E-state index contributed by atoms with van der Waals surface area (Å²) >= 11 is 6.30. The fourth-order valence-corrected chi connectivity index (χ4v) is 5.32. The first-order chi connectivity index (χ1) is 19.7. The minimum absolute atomic E-state index is 0.0632. The maximum absolute atomic E-state index is 14.5. The molecule has 2 aromatic heterocycles. The predicted octanol–water partition coefficient (Wildman–Crippen LogP) is 5.49. The highest BCUT2D eigenvalue weighted by Gasteiger charge is 2.49. The molecule has 0 fully saturated rings. The summed E-state index contributed by atoms with van der Waals surface area (Å²) in [6.07, 6.45) is 0.172. The van der Waals surface area contributed by atoms with Crippen LogP contribution in [0.4, 0.5) is 16.0 Å². The lowest BCUT2D eigenvalue weighted by molar-refractivity contribution is -0.134. The number of para-hydroxylation sites is 1. The van der Waals surface area contributed by atoms with Crippen molar-refractivity contribution in [2.24, 2.45) is 0 Å². The molecule has 206 valence electrons. The summed E-state index contributed by atoms with van der Waals surface area (Å²) in [4.78, 5) is 34.8. The third-order valence-corrected chi connectivity index (χ3v) is 7.50. The summed E-state index contributed by atoms with van der Waals surface area (Å²) in [6, 6.07) is 18.5. The van der Waals surface area contributed by atoms with Gasteiger partial charge in [0.2, 0.25) is 5.91 Å². The number of fused-ring (bicyclic) bond motifs is 2. The van der Waals surface area contributed by atoms with Crippen LogP contribution in [0.15, 0.2) is 66.7 Å². The number of nitrogen functional groups attached to an aromatic ring is 1. The van der Waals surface area contributed by atoms with Gasteiger partial charge in [-0.25, -0.2) is 14.4 Å². The molecule has 1 atom stereocenters. The highest BCUT2D eigenvalue weighted by molar-refractivity contribution is 6.31. The summed E-state index contributed by atoms with van der Waals surface area (Å²) in [5, 5.41) is 8.70. The first kappa shape index (κ1) is 26.4. The number of hydrogen-bond donors (Lipinski definition) is 2. The Morgan fingerprint density at radius 1 is 1.12 bits per heavy atom. The quantitative estimate of drug-likeness (QED) is 0.204. The average molecular weight is 571 g/mol. The van der Waals surface area contributed by atoms with Gasteiger partial charge in [-0.1, -0.05) is 54.9 Å². The molecule has 0 saturated heterocycles. The molecule has 1 aliphatic rings. The minimum atomic E-state index is -1.33. The molecule has 1 amide bonds. The fraction of sp³-hybridized carbons (Fsp3) is 0.167. The molecular weight excluding hydrogens is 547 g/mol. The Hall–Kier alpha value is -4.83. The van der Waals surface area contributed by atoms with Crippen molar-refractivity contribution in [1.29, 1.82) is 0 Å². The van der Waals surface area contributed by atoms with Crippen LogP contribution >= 0.6 is 11.6 Å². The van der Waals surface area contributed by atoms with E-state index in [9.17, 15) is 14.0 Å². The maximum Gasteiger partial charge on any atom is 0.310 e. The van der Waals surface area contributed by atoms with Crippen molar-refractivity contribution in [3.63, 3.8) is 0 Å². The number of carbonyl (C=O) groups is 2. The van der Waals surface area contributed by atoms with Gasteiger partial charge in [-0.3, -0.25) is 14.3 Å². The Bertz CT molecular complexity index is 1870. The van der Waals surface area contributed by atoms with Gasteiger partial charge >= 0.3 is 5.97 Å². The third-order valence-electron chi connectivity index (χ3n) is 7.26. The van der Waals surface area contributed by atoms with Crippen LogP contribution in [0, 0.1) is 5.82 Å². The van der Waals surface area contributed by atoms with Gasteiger partial charge in [0.25, 0.3) is 0 Å². The number of anilines is 2. The Labute approximate surface area is 239 Å². The first-order valence-electron chi connectivity index (χ1n) is 12.9. The largest absolute Gasteiger partial charge is 0.426 e. The van der Waals surface area contributed by atoms with E-state index >= 15 is 0 Å². The van der Waals surface area contributed by atoms with Crippen molar-refractivity contribution >= 4 is 46.0 Å². The second kappa shape index (κ2) is 9.97. The Morgan fingerprint density at radius 2 is 1.88 bits per heavy atom. The fourth-order valence-electron chi connectivity index (χ4n) is 5.15. The van der Waals surface area contributed by atoms with E-state index in [-0.39, 0.29) is 42.0 Å². The molecule has 3 aromatic carbocycles. The molecule has 0 aliphatic carbocycles. The van der Waals surface area contributed by atoms with Gasteiger partial charge in [0, 0.05) is 28.0 Å². The molecule has 3 heterocycles. The van der Waals surface area contributed by atoms with Crippen molar-refractivity contribution in [3.05, 3.63) is 94.3 Å². The number of nitrogens with one attached hydrogen (secondary N) is 1. The van der Waals surface area contributed by atoms with E-state index in [1.807, 2.05) is 0 Å². The Morgan fingerprint density at radius 3 is 2.66 bits per heavy atom. The van der Waals surface area contributed by atoms with Crippen molar-refractivity contribution < 1.29 is 18.7 Å². The van der Waals surface area contributed by atoms with Gasteiger partial charge < -0.3 is 15.8 Å². The Balaban J connectivity index is 1.48. The molecule has 3 N–H and O–H groups in total. The topological polar surface area (TPSA) is 125 Å². The van der Waals surface area contributed by atoms with Gasteiger partial charge in [0.1, 0.15) is 34.3 Å². The maximum atomic E-state index is 14.5. The zero-order valence-electron chi connectivity index (χ0n) is 22.1. The number of benzene rings is 3. The number of halogens is 2. The summed E-state index contributed by atoms with van der Waals surface area (Å²) in [7, 11) is 0. The zero-order valence-corrected chi connectivity index (χ0v) is 22.9. The van der Waals surface area contributed by atoms with Crippen LogP contribution in [-0.4, -0.2) is 31.6 Å². The van der Waals surface area contributed by atoms with E-state index in [0.29, 0.717) is 38.3 Å². The lowest BCUT2D eigenvalue weighted by atomic mass is 9.77. The number of esters is 1. The molecule has 11 heteroatoms. The van der Waals surface area contributed by atoms with Crippen LogP contribution < -0.4 is 15.8 Å². The summed E-state index contributed by atoms with van der Waals surface area (Å²) < 4.78 is 21.6. The Kier molecular flexibility index (Phi) is 6.42. The average Bonchev–Trinajstić information content (AvgIpc) is 3.44. The number of rotatable bonds is 6. The van der Waals surface area contributed by atoms with Crippen LogP contribution in [0.5, 0.6) is 5.75 Å². The van der Waals surface area contributed by atoms with E-state index in [0.717, 1.165) is 0 Å². The van der Waals surface area contributed by atoms with Crippen LogP contribution in [0.3, 0.4) is 0 Å². The molecule has 0 unspecified atom stereocenters. The van der Waals surface area contributed by atoms with E-state index in [1.165, 1.54) is 6.07 Å². The number of nitrogens with two attached hydrogens (primary N) is 1. The van der Waals surface area contributed by atoms with Crippen molar-refractivity contribution in [2.45, 2.75) is 32.2 Å². The standard InChI is InChI=1S/C30H24ClFN6O3/c1-3-23(39)41-22-11-7-5-9-19(22)30(2)24-26(33)34-28(35-27(24)36-29(30)40)25-18-13-12-17(31)14-21(18)38(37-25)15-16-8-4-6-10-20(16)32/h4-14H,3,15H2,1-2H3,(H3,33,34,35,36,40)/t30-/m1/s1. The molecule has 6 rings (SSSR count). The van der Waals surface area contributed by atoms with Gasteiger partial charge in [-0.2, -0.15) is 5.10 Å². The molecule has 5 aromatic rings. The monoisotopic (exact) mass is 570 g/mol. The van der Waals surface area contributed by atoms with Crippen molar-refractivity contribution in [1.82, 2.24) is 19.7 Å². The van der Waals surface area contributed by atoms with Gasteiger partial charge in [0.15, 0.2) is 5.82 Å². The molecule has 1 aliphatic heterocycles. The van der Waals surface area contributed by atoms with Crippen LogP contribution in [0.1, 0.15) is 37.0 Å². The number of amides is 1. The van der Waals surface area contributed by atoms with Crippen molar-refractivity contribution in [3.8, 4) is 17.3 Å². The molecular formula is C30H24ClFN6O3. The third kappa shape index (κ3) is 4.36. The number of nitrogens with zero attached hydrogens (tertiary/aromatic N) is 4. The number of carbonyl (C=O) groups excluding carboxylic acids is 2. The highest BCUT2D eigenvalue weighted by atomic mass is 35.5.